The molecule has 1 amide bonds. The smallest absolute Gasteiger partial charge is 0.262 e. The van der Waals surface area contributed by atoms with Crippen LogP contribution in [0.2, 0.25) is 10.0 Å². The molecule has 0 aliphatic rings. The molecule has 0 spiro atoms. The minimum Gasteiger partial charge on any atom is -0.484 e. The topological polar surface area (TPSA) is 64.4 Å². The molecule has 152 valence electrons. The quantitative estimate of drug-likeness (QED) is 0.377. The highest BCUT2D eigenvalue weighted by atomic mass is 35.5. The molecule has 4 aromatic rings. The van der Waals surface area contributed by atoms with Gasteiger partial charge in [0.05, 0.1) is 10.7 Å². The fourth-order valence-corrected chi connectivity index (χ4v) is 3.27. The van der Waals surface area contributed by atoms with E-state index < -0.39 is 0 Å². The van der Waals surface area contributed by atoms with Gasteiger partial charge in [0.15, 0.2) is 12.2 Å². The van der Waals surface area contributed by atoms with Crippen LogP contribution in [0, 0.1) is 0 Å². The Morgan fingerprint density at radius 2 is 1.87 bits per heavy atom. The molecule has 3 aromatic carbocycles. The second-order valence-corrected chi connectivity index (χ2v) is 7.50. The van der Waals surface area contributed by atoms with Crippen molar-refractivity contribution in [2.75, 3.05) is 11.9 Å². The number of carbonyl (C=O) groups is 1. The van der Waals surface area contributed by atoms with Crippen molar-refractivity contribution in [2.24, 2.45) is 0 Å². The third-order valence-corrected chi connectivity index (χ3v) is 5.10. The highest BCUT2D eigenvalue weighted by molar-refractivity contribution is 6.33. The summed E-state index contributed by atoms with van der Waals surface area (Å²) >= 11 is 12.3. The molecule has 7 heteroatoms. The Kier molecular flexibility index (Phi) is 5.93. The van der Waals surface area contributed by atoms with Gasteiger partial charge in [0.2, 0.25) is 5.89 Å². The molecule has 0 saturated heterocycles. The number of carbonyl (C=O) groups excluding carboxylic acids is 1. The molecule has 0 aliphatic carbocycles. The van der Waals surface area contributed by atoms with Gasteiger partial charge in [0, 0.05) is 10.6 Å². The van der Waals surface area contributed by atoms with Crippen LogP contribution in [0.3, 0.4) is 0 Å². The third kappa shape index (κ3) is 4.58. The maximum atomic E-state index is 12.3. The number of nitrogens with one attached hydrogen (secondary N) is 1. The fraction of sp³-hybridized carbons (Fsp3) is 0.130. The summed E-state index contributed by atoms with van der Waals surface area (Å²) in [5.74, 6) is 0.719. The summed E-state index contributed by atoms with van der Waals surface area (Å²) in [6.07, 6.45) is 0.947. The van der Waals surface area contributed by atoms with Crippen molar-refractivity contribution in [2.45, 2.75) is 13.3 Å². The second kappa shape index (κ2) is 8.78. The van der Waals surface area contributed by atoms with E-state index in [1.54, 1.807) is 36.4 Å². The van der Waals surface area contributed by atoms with Crippen LogP contribution >= 0.6 is 23.2 Å². The number of fused-ring (bicyclic) bond motifs is 1. The summed E-state index contributed by atoms with van der Waals surface area (Å²) in [7, 11) is 0. The van der Waals surface area contributed by atoms with E-state index in [0.717, 1.165) is 6.42 Å². The zero-order valence-electron chi connectivity index (χ0n) is 16.1. The predicted molar refractivity (Wildman–Crippen MR) is 119 cm³/mol. The molecule has 0 bridgehead atoms. The molecule has 1 heterocycles. The van der Waals surface area contributed by atoms with Crippen molar-refractivity contribution in [3.05, 3.63) is 76.3 Å². The predicted octanol–water partition coefficient (Wildman–Crippen LogP) is 6.38. The van der Waals surface area contributed by atoms with Gasteiger partial charge in [-0.05, 0) is 60.5 Å². The van der Waals surface area contributed by atoms with Gasteiger partial charge in [0.1, 0.15) is 11.3 Å². The van der Waals surface area contributed by atoms with Crippen molar-refractivity contribution in [3.8, 4) is 17.2 Å². The number of ether oxygens (including phenoxy) is 1. The first-order valence-electron chi connectivity index (χ1n) is 9.39. The Hall–Kier alpha value is -3.02. The standard InChI is InChI=1S/C23H18Cl2N2O3/c1-2-14-3-7-17(8-4-14)29-13-22(28)26-19-11-15(5-9-18(19)25)23-27-20-12-16(24)6-10-21(20)30-23/h3-12H,2,13H2,1H3,(H,26,28). The number of nitrogens with zero attached hydrogens (tertiary/aromatic N) is 1. The van der Waals surface area contributed by atoms with E-state index in [2.05, 4.69) is 17.2 Å². The largest absolute Gasteiger partial charge is 0.484 e. The minimum absolute atomic E-state index is 0.132. The van der Waals surface area contributed by atoms with Crippen molar-refractivity contribution in [1.29, 1.82) is 0 Å². The molecule has 0 aliphatic heterocycles. The molecule has 0 radical (unpaired) electrons. The van der Waals surface area contributed by atoms with Crippen LogP contribution in [0.5, 0.6) is 5.75 Å². The van der Waals surface area contributed by atoms with Crippen LogP contribution in [0.1, 0.15) is 12.5 Å². The van der Waals surface area contributed by atoms with Crippen molar-refractivity contribution in [1.82, 2.24) is 4.98 Å². The van der Waals surface area contributed by atoms with Crippen molar-refractivity contribution in [3.63, 3.8) is 0 Å². The molecular formula is C23H18Cl2N2O3. The van der Waals surface area contributed by atoms with E-state index >= 15 is 0 Å². The summed E-state index contributed by atoms with van der Waals surface area (Å²) in [6.45, 7) is 1.95. The number of benzene rings is 3. The Bertz CT molecular complexity index is 1200. The Morgan fingerprint density at radius 3 is 2.63 bits per heavy atom. The Balaban J connectivity index is 1.47. The van der Waals surface area contributed by atoms with Gasteiger partial charge in [-0.3, -0.25) is 4.79 Å². The summed E-state index contributed by atoms with van der Waals surface area (Å²) in [5.41, 5.74) is 3.61. The van der Waals surface area contributed by atoms with Crippen LogP contribution in [0.4, 0.5) is 5.69 Å². The zero-order valence-corrected chi connectivity index (χ0v) is 17.6. The van der Waals surface area contributed by atoms with E-state index in [0.29, 0.717) is 44.0 Å². The molecule has 4 rings (SSSR count). The first-order valence-corrected chi connectivity index (χ1v) is 10.1. The first kappa shape index (κ1) is 20.3. The molecule has 30 heavy (non-hydrogen) atoms. The molecule has 5 nitrogen and oxygen atoms in total. The van der Waals surface area contributed by atoms with Crippen LogP contribution < -0.4 is 10.1 Å². The lowest BCUT2D eigenvalue weighted by Crippen LogP contribution is -2.20. The van der Waals surface area contributed by atoms with Crippen LogP contribution in [0.15, 0.2) is 65.1 Å². The molecule has 0 saturated carbocycles. The van der Waals surface area contributed by atoms with E-state index in [4.69, 9.17) is 32.4 Å². The monoisotopic (exact) mass is 440 g/mol. The van der Waals surface area contributed by atoms with E-state index in [-0.39, 0.29) is 12.5 Å². The average molecular weight is 441 g/mol. The Labute approximate surface area is 183 Å². The number of hydrogen-bond donors (Lipinski definition) is 1. The summed E-state index contributed by atoms with van der Waals surface area (Å²) in [5, 5.41) is 3.75. The van der Waals surface area contributed by atoms with Gasteiger partial charge in [-0.15, -0.1) is 0 Å². The number of halogens is 2. The maximum Gasteiger partial charge on any atom is 0.262 e. The average Bonchev–Trinajstić information content (AvgIpc) is 3.17. The molecule has 1 aromatic heterocycles. The molecule has 0 fully saturated rings. The molecule has 0 atom stereocenters. The van der Waals surface area contributed by atoms with Crippen LogP contribution in [-0.4, -0.2) is 17.5 Å². The zero-order chi connectivity index (χ0) is 21.1. The number of anilines is 1. The summed E-state index contributed by atoms with van der Waals surface area (Å²) < 4.78 is 11.3. The van der Waals surface area contributed by atoms with Gasteiger partial charge >= 0.3 is 0 Å². The van der Waals surface area contributed by atoms with Crippen molar-refractivity contribution < 1.29 is 13.9 Å². The molecule has 0 unspecified atom stereocenters. The number of rotatable bonds is 6. The molecule has 1 N–H and O–H groups in total. The number of hydrogen-bond acceptors (Lipinski definition) is 4. The summed E-state index contributed by atoms with van der Waals surface area (Å²) in [6, 6.07) is 18.0. The summed E-state index contributed by atoms with van der Waals surface area (Å²) in [4.78, 5) is 16.8. The lowest BCUT2D eigenvalue weighted by atomic mass is 10.2. The van der Waals surface area contributed by atoms with Gasteiger partial charge < -0.3 is 14.5 Å². The maximum absolute atomic E-state index is 12.3. The number of amides is 1. The minimum atomic E-state index is -0.321. The van der Waals surface area contributed by atoms with E-state index in [1.807, 2.05) is 24.3 Å². The molecular weight excluding hydrogens is 423 g/mol. The van der Waals surface area contributed by atoms with Crippen LogP contribution in [0.25, 0.3) is 22.6 Å². The fourth-order valence-electron chi connectivity index (χ4n) is 2.93. The van der Waals surface area contributed by atoms with Gasteiger partial charge in [0.25, 0.3) is 5.91 Å². The second-order valence-electron chi connectivity index (χ2n) is 6.66. The number of oxazole rings is 1. The number of aromatic nitrogens is 1. The SMILES string of the molecule is CCc1ccc(OCC(=O)Nc2cc(-c3nc4cc(Cl)ccc4o3)ccc2Cl)cc1. The third-order valence-electron chi connectivity index (χ3n) is 4.54. The van der Waals surface area contributed by atoms with Crippen LogP contribution in [-0.2, 0) is 11.2 Å². The van der Waals surface area contributed by atoms with E-state index in [9.17, 15) is 4.79 Å². The van der Waals surface area contributed by atoms with Gasteiger partial charge in [-0.25, -0.2) is 4.98 Å². The van der Waals surface area contributed by atoms with Gasteiger partial charge in [-0.2, -0.15) is 0 Å². The normalized spacial score (nSPS) is 10.9. The van der Waals surface area contributed by atoms with Crippen molar-refractivity contribution >= 4 is 45.9 Å². The lowest BCUT2D eigenvalue weighted by Gasteiger charge is -2.10. The highest BCUT2D eigenvalue weighted by Gasteiger charge is 2.13. The lowest BCUT2D eigenvalue weighted by molar-refractivity contribution is -0.118. The number of aryl methyl sites for hydroxylation is 1. The highest BCUT2D eigenvalue weighted by Crippen LogP contribution is 2.31. The van der Waals surface area contributed by atoms with E-state index in [1.165, 1.54) is 5.56 Å². The van der Waals surface area contributed by atoms with Gasteiger partial charge in [-0.1, -0.05) is 42.3 Å². The Morgan fingerprint density at radius 1 is 1.07 bits per heavy atom. The first-order chi connectivity index (χ1) is 14.5.